The number of thioether (sulfide) groups is 1. The number of nitrogens with one attached hydrogen (secondary N) is 2. The molecule has 0 aliphatic heterocycles. The van der Waals surface area contributed by atoms with Crippen LogP contribution in [0, 0.1) is 12.8 Å². The molecule has 3 aromatic rings. The van der Waals surface area contributed by atoms with Crippen LogP contribution in [0.15, 0.2) is 54.2 Å². The van der Waals surface area contributed by atoms with Gasteiger partial charge in [0.15, 0.2) is 11.0 Å². The minimum Gasteiger partial charge on any atom is -0.495 e. The molecule has 0 unspecified atom stereocenters. The number of allylic oxidation sites excluding steroid dienone is 1. The highest BCUT2D eigenvalue weighted by Crippen LogP contribution is 2.28. The number of halogens is 2. The highest BCUT2D eigenvalue weighted by atomic mass is 35.5. The number of amides is 2. The number of benzene rings is 2. The lowest BCUT2D eigenvalue weighted by Gasteiger charge is -2.23. The summed E-state index contributed by atoms with van der Waals surface area (Å²) in [7, 11) is 1.55. The van der Waals surface area contributed by atoms with E-state index < -0.39 is 6.04 Å². The van der Waals surface area contributed by atoms with E-state index in [9.17, 15) is 9.59 Å². The van der Waals surface area contributed by atoms with Crippen molar-refractivity contribution in [2.75, 3.05) is 18.2 Å². The van der Waals surface area contributed by atoms with Crippen LogP contribution in [0.2, 0.25) is 10.0 Å². The van der Waals surface area contributed by atoms with Gasteiger partial charge in [-0.25, -0.2) is 0 Å². The topological polar surface area (TPSA) is 98.1 Å². The summed E-state index contributed by atoms with van der Waals surface area (Å²) in [4.78, 5) is 25.7. The Morgan fingerprint density at radius 1 is 1.19 bits per heavy atom. The van der Waals surface area contributed by atoms with Gasteiger partial charge in [-0.3, -0.25) is 9.59 Å². The van der Waals surface area contributed by atoms with E-state index in [4.69, 9.17) is 27.9 Å². The number of anilines is 1. The van der Waals surface area contributed by atoms with E-state index >= 15 is 0 Å². The molecular formula is C26H29Cl2N5O3S. The van der Waals surface area contributed by atoms with Gasteiger partial charge in [-0.1, -0.05) is 61.0 Å². The number of carbonyl (C=O) groups excluding carboxylic acids is 2. The van der Waals surface area contributed by atoms with Gasteiger partial charge in [0, 0.05) is 11.6 Å². The molecule has 8 nitrogen and oxygen atoms in total. The lowest BCUT2D eigenvalue weighted by molar-refractivity contribution is -0.113. The SMILES string of the molecule is C=CCn1c(SCC(=O)Nc2cc(C)ccc2OC)nnc1[C@H](NC(=O)c1ccc(Cl)cc1Cl)C(C)C. The van der Waals surface area contributed by atoms with Crippen LogP contribution in [0.5, 0.6) is 5.75 Å². The zero-order valence-electron chi connectivity index (χ0n) is 21.0. The van der Waals surface area contributed by atoms with Gasteiger partial charge in [0.05, 0.1) is 35.2 Å². The van der Waals surface area contributed by atoms with E-state index in [1.807, 2.05) is 43.5 Å². The van der Waals surface area contributed by atoms with Crippen LogP contribution >= 0.6 is 35.0 Å². The predicted molar refractivity (Wildman–Crippen MR) is 149 cm³/mol. The van der Waals surface area contributed by atoms with Gasteiger partial charge in [-0.2, -0.15) is 0 Å². The van der Waals surface area contributed by atoms with E-state index in [0.29, 0.717) is 39.5 Å². The summed E-state index contributed by atoms with van der Waals surface area (Å²) < 4.78 is 7.18. The summed E-state index contributed by atoms with van der Waals surface area (Å²) in [5.41, 5.74) is 1.91. The van der Waals surface area contributed by atoms with Crippen LogP contribution in [0.1, 0.15) is 41.6 Å². The first kappa shape index (κ1) is 28.6. The molecule has 0 radical (unpaired) electrons. The Hall–Kier alpha value is -3.01. The van der Waals surface area contributed by atoms with Gasteiger partial charge in [0.1, 0.15) is 5.75 Å². The predicted octanol–water partition coefficient (Wildman–Crippen LogP) is 5.95. The number of hydrogen-bond acceptors (Lipinski definition) is 6. The fourth-order valence-electron chi connectivity index (χ4n) is 3.60. The number of methoxy groups -OCH3 is 1. The Labute approximate surface area is 230 Å². The second-order valence-corrected chi connectivity index (χ2v) is 10.4. The monoisotopic (exact) mass is 561 g/mol. The molecule has 1 atom stereocenters. The van der Waals surface area contributed by atoms with Crippen molar-refractivity contribution >= 4 is 52.5 Å². The zero-order valence-corrected chi connectivity index (χ0v) is 23.4. The summed E-state index contributed by atoms with van der Waals surface area (Å²) in [5.74, 6) is 0.654. The number of ether oxygens (including phenoxy) is 1. The van der Waals surface area contributed by atoms with E-state index in [1.165, 1.54) is 17.8 Å². The highest BCUT2D eigenvalue weighted by molar-refractivity contribution is 7.99. The highest BCUT2D eigenvalue weighted by Gasteiger charge is 2.27. The zero-order chi connectivity index (χ0) is 27.1. The molecule has 0 spiro atoms. The first-order valence-electron chi connectivity index (χ1n) is 11.5. The maximum Gasteiger partial charge on any atom is 0.253 e. The van der Waals surface area contributed by atoms with Crippen molar-refractivity contribution in [3.8, 4) is 5.75 Å². The summed E-state index contributed by atoms with van der Waals surface area (Å²) in [5, 5.41) is 15.8. The quantitative estimate of drug-likeness (QED) is 0.222. The van der Waals surface area contributed by atoms with Crippen LogP contribution in [-0.2, 0) is 11.3 Å². The summed E-state index contributed by atoms with van der Waals surface area (Å²) in [6.45, 7) is 10.1. The van der Waals surface area contributed by atoms with Gasteiger partial charge in [0.2, 0.25) is 5.91 Å². The fourth-order valence-corrected chi connectivity index (χ4v) is 4.84. The van der Waals surface area contributed by atoms with Crippen LogP contribution in [0.25, 0.3) is 0 Å². The lowest BCUT2D eigenvalue weighted by atomic mass is 10.0. The first-order valence-corrected chi connectivity index (χ1v) is 13.3. The number of carbonyl (C=O) groups is 2. The van der Waals surface area contributed by atoms with Gasteiger partial charge in [0.25, 0.3) is 5.91 Å². The standard InChI is InChI=1S/C26H29Cl2N5O3S/c1-6-11-33-24(23(15(2)3)30-25(35)18-9-8-17(27)13-19(18)28)31-32-26(33)37-14-22(34)29-20-12-16(4)7-10-21(20)36-5/h6-10,12-13,15,23H,1,11,14H2,2-5H3,(H,29,34)(H,30,35)/t23-/m1/s1. The average Bonchev–Trinajstić information content (AvgIpc) is 3.23. The molecule has 196 valence electrons. The summed E-state index contributed by atoms with van der Waals surface area (Å²) in [6, 6.07) is 9.81. The maximum absolute atomic E-state index is 13.0. The molecule has 1 heterocycles. The average molecular weight is 563 g/mol. The molecule has 0 aliphatic carbocycles. The summed E-state index contributed by atoms with van der Waals surface area (Å²) >= 11 is 13.4. The van der Waals surface area contributed by atoms with Crippen molar-refractivity contribution < 1.29 is 14.3 Å². The minimum absolute atomic E-state index is 0.0160. The van der Waals surface area contributed by atoms with E-state index in [0.717, 1.165) is 5.56 Å². The van der Waals surface area contributed by atoms with Crippen molar-refractivity contribution in [3.63, 3.8) is 0 Å². The molecule has 3 rings (SSSR count). The van der Waals surface area contributed by atoms with Crippen LogP contribution in [0.4, 0.5) is 5.69 Å². The molecule has 0 saturated carbocycles. The van der Waals surface area contributed by atoms with Gasteiger partial charge < -0.3 is 19.9 Å². The Morgan fingerprint density at radius 2 is 1.95 bits per heavy atom. The molecule has 0 aliphatic rings. The maximum atomic E-state index is 13.0. The van der Waals surface area contributed by atoms with Crippen molar-refractivity contribution in [3.05, 3.63) is 76.0 Å². The Bertz CT molecular complexity index is 1300. The lowest BCUT2D eigenvalue weighted by Crippen LogP contribution is -2.34. The second kappa shape index (κ2) is 13.0. The van der Waals surface area contributed by atoms with Gasteiger partial charge in [-0.15, -0.1) is 16.8 Å². The second-order valence-electron chi connectivity index (χ2n) is 8.60. The third-order valence-corrected chi connectivity index (χ3v) is 6.94. The Morgan fingerprint density at radius 3 is 2.59 bits per heavy atom. The molecule has 2 N–H and O–H groups in total. The molecule has 37 heavy (non-hydrogen) atoms. The van der Waals surface area contributed by atoms with E-state index in [-0.39, 0.29) is 28.5 Å². The first-order chi connectivity index (χ1) is 17.6. The third kappa shape index (κ3) is 7.28. The normalized spacial score (nSPS) is 11.8. The number of rotatable bonds is 11. The smallest absolute Gasteiger partial charge is 0.253 e. The Balaban J connectivity index is 1.78. The van der Waals surface area contributed by atoms with Gasteiger partial charge >= 0.3 is 0 Å². The van der Waals surface area contributed by atoms with Crippen LogP contribution < -0.4 is 15.4 Å². The Kier molecular flexibility index (Phi) is 10.0. The number of hydrogen-bond donors (Lipinski definition) is 2. The molecule has 0 fully saturated rings. The van der Waals surface area contributed by atoms with E-state index in [1.54, 1.807) is 25.3 Å². The number of nitrogens with zero attached hydrogens (tertiary/aromatic N) is 3. The molecule has 11 heteroatoms. The molecule has 2 aromatic carbocycles. The largest absolute Gasteiger partial charge is 0.495 e. The van der Waals surface area contributed by atoms with Crippen molar-refractivity contribution in [1.29, 1.82) is 0 Å². The molecule has 1 aromatic heterocycles. The fraction of sp³-hybridized carbons (Fsp3) is 0.308. The summed E-state index contributed by atoms with van der Waals surface area (Å²) in [6.07, 6.45) is 1.71. The number of aryl methyl sites for hydroxylation is 1. The molecule has 2 amide bonds. The molecule has 0 bridgehead atoms. The van der Waals surface area contributed by atoms with Crippen molar-refractivity contribution in [2.24, 2.45) is 5.92 Å². The van der Waals surface area contributed by atoms with Gasteiger partial charge in [-0.05, 0) is 48.7 Å². The van der Waals surface area contributed by atoms with E-state index in [2.05, 4.69) is 27.4 Å². The minimum atomic E-state index is -0.466. The molecule has 0 saturated heterocycles. The number of aromatic nitrogens is 3. The third-order valence-electron chi connectivity index (χ3n) is 5.43. The van der Waals surface area contributed by atoms with Crippen LogP contribution in [0.3, 0.4) is 0 Å². The van der Waals surface area contributed by atoms with Crippen LogP contribution in [-0.4, -0.2) is 39.4 Å². The molecular weight excluding hydrogens is 533 g/mol. The van der Waals surface area contributed by atoms with Crippen molar-refractivity contribution in [2.45, 2.75) is 38.5 Å². The van der Waals surface area contributed by atoms with Crippen molar-refractivity contribution in [1.82, 2.24) is 20.1 Å².